The van der Waals surface area contributed by atoms with Crippen molar-refractivity contribution < 1.29 is 9.53 Å². The number of carbonyl (C=O) groups is 1. The van der Waals surface area contributed by atoms with Crippen molar-refractivity contribution in [1.82, 2.24) is 4.90 Å². The van der Waals surface area contributed by atoms with Crippen molar-refractivity contribution in [3.05, 3.63) is 29.8 Å². The Bertz CT molecular complexity index is 476. The molecule has 1 aromatic carbocycles. The molecule has 1 saturated heterocycles. The number of nitrogens with zero attached hydrogens (tertiary/aromatic N) is 1. The number of ether oxygens (including phenoxy) is 1. The fourth-order valence-corrected chi connectivity index (χ4v) is 2.98. The van der Waals surface area contributed by atoms with Gasteiger partial charge in [0.2, 0.25) is 5.91 Å². The van der Waals surface area contributed by atoms with Crippen molar-refractivity contribution in [2.75, 3.05) is 20.2 Å². The largest absolute Gasteiger partial charge is 0.496 e. The van der Waals surface area contributed by atoms with E-state index in [2.05, 4.69) is 13.0 Å². The first kappa shape index (κ1) is 15.8. The lowest BCUT2D eigenvalue weighted by atomic mass is 9.96. The fraction of sp³-hybridized carbons (Fsp3) is 0.588. The minimum Gasteiger partial charge on any atom is -0.496 e. The molecule has 1 fully saturated rings. The Morgan fingerprint density at radius 1 is 1.48 bits per heavy atom. The summed E-state index contributed by atoms with van der Waals surface area (Å²) in [5, 5.41) is 0. The predicted octanol–water partition coefficient (Wildman–Crippen LogP) is 2.21. The van der Waals surface area contributed by atoms with E-state index >= 15 is 0 Å². The van der Waals surface area contributed by atoms with Gasteiger partial charge in [0.15, 0.2) is 0 Å². The summed E-state index contributed by atoms with van der Waals surface area (Å²) in [6, 6.07) is 8.15. The molecule has 0 aromatic heterocycles. The topological polar surface area (TPSA) is 55.6 Å². The standard InChI is InChI=1S/C17H26N2O2/c1-13(10-14-6-3-4-8-16(14)21-2)11-17(20)19-9-5-7-15(18)12-19/h3-4,6,8,13,15H,5,7,9-12,18H2,1-2H3. The second-order valence-electron chi connectivity index (χ2n) is 6.07. The first-order chi connectivity index (χ1) is 10.1. The summed E-state index contributed by atoms with van der Waals surface area (Å²) >= 11 is 0. The molecule has 4 heteroatoms. The number of para-hydroxylation sites is 1. The normalized spacial score (nSPS) is 20.1. The second kappa shape index (κ2) is 7.46. The van der Waals surface area contributed by atoms with Crippen LogP contribution in [0.2, 0.25) is 0 Å². The van der Waals surface area contributed by atoms with Crippen molar-refractivity contribution in [3.8, 4) is 5.75 Å². The molecule has 1 aromatic rings. The van der Waals surface area contributed by atoms with Crippen LogP contribution in [0, 0.1) is 5.92 Å². The Labute approximate surface area is 127 Å². The number of nitrogens with two attached hydrogens (primary N) is 1. The molecule has 0 radical (unpaired) electrons. The predicted molar refractivity (Wildman–Crippen MR) is 84.3 cm³/mol. The molecule has 0 saturated carbocycles. The molecule has 1 aliphatic rings. The Morgan fingerprint density at radius 2 is 2.24 bits per heavy atom. The summed E-state index contributed by atoms with van der Waals surface area (Å²) in [5.74, 6) is 1.43. The number of rotatable bonds is 5. The van der Waals surface area contributed by atoms with Gasteiger partial charge < -0.3 is 15.4 Å². The maximum Gasteiger partial charge on any atom is 0.222 e. The van der Waals surface area contributed by atoms with Gasteiger partial charge in [-0.3, -0.25) is 4.79 Å². The Morgan fingerprint density at radius 3 is 2.95 bits per heavy atom. The molecule has 0 spiro atoms. The SMILES string of the molecule is COc1ccccc1CC(C)CC(=O)N1CCCC(N)C1. The molecule has 2 N–H and O–H groups in total. The highest BCUT2D eigenvalue weighted by Gasteiger charge is 2.22. The molecule has 2 unspecified atom stereocenters. The zero-order valence-electron chi connectivity index (χ0n) is 13.0. The summed E-state index contributed by atoms with van der Waals surface area (Å²) < 4.78 is 5.37. The van der Waals surface area contributed by atoms with Crippen molar-refractivity contribution in [3.63, 3.8) is 0 Å². The van der Waals surface area contributed by atoms with Crippen LogP contribution >= 0.6 is 0 Å². The first-order valence-electron chi connectivity index (χ1n) is 7.75. The van der Waals surface area contributed by atoms with Crippen LogP contribution in [0.3, 0.4) is 0 Å². The van der Waals surface area contributed by atoms with E-state index in [1.165, 1.54) is 0 Å². The number of amides is 1. The quantitative estimate of drug-likeness (QED) is 0.904. The Hall–Kier alpha value is -1.55. The summed E-state index contributed by atoms with van der Waals surface area (Å²) in [6.45, 7) is 3.68. The van der Waals surface area contributed by atoms with Crippen LogP contribution in [0.15, 0.2) is 24.3 Å². The molecule has 21 heavy (non-hydrogen) atoms. The molecule has 0 aliphatic carbocycles. The van der Waals surface area contributed by atoms with Crippen molar-refractivity contribution >= 4 is 5.91 Å². The van der Waals surface area contributed by atoms with Crippen LogP contribution in [0.4, 0.5) is 0 Å². The number of benzene rings is 1. The van der Waals surface area contributed by atoms with E-state index in [4.69, 9.17) is 10.5 Å². The van der Waals surface area contributed by atoms with Gasteiger partial charge in [-0.15, -0.1) is 0 Å². The third-order valence-electron chi connectivity index (χ3n) is 4.09. The van der Waals surface area contributed by atoms with E-state index in [0.717, 1.165) is 37.1 Å². The summed E-state index contributed by atoms with van der Waals surface area (Å²) in [4.78, 5) is 14.3. The van der Waals surface area contributed by atoms with Gasteiger partial charge in [-0.05, 0) is 36.8 Å². The highest BCUT2D eigenvalue weighted by Crippen LogP contribution is 2.23. The monoisotopic (exact) mass is 290 g/mol. The van der Waals surface area contributed by atoms with E-state index in [0.29, 0.717) is 18.9 Å². The summed E-state index contributed by atoms with van der Waals surface area (Å²) in [6.07, 6.45) is 3.48. The van der Waals surface area contributed by atoms with Gasteiger partial charge in [-0.1, -0.05) is 25.1 Å². The van der Waals surface area contributed by atoms with Crippen molar-refractivity contribution in [2.45, 2.75) is 38.6 Å². The maximum absolute atomic E-state index is 12.3. The molecule has 1 amide bonds. The first-order valence-corrected chi connectivity index (χ1v) is 7.75. The van der Waals surface area contributed by atoms with Gasteiger partial charge in [-0.25, -0.2) is 0 Å². The van der Waals surface area contributed by atoms with Crippen LogP contribution < -0.4 is 10.5 Å². The van der Waals surface area contributed by atoms with E-state index in [1.54, 1.807) is 7.11 Å². The number of methoxy groups -OCH3 is 1. The van der Waals surface area contributed by atoms with E-state index < -0.39 is 0 Å². The molecule has 2 rings (SSSR count). The van der Waals surface area contributed by atoms with Crippen LogP contribution in [-0.4, -0.2) is 37.0 Å². The van der Waals surface area contributed by atoms with Crippen LogP contribution in [0.25, 0.3) is 0 Å². The summed E-state index contributed by atoms with van der Waals surface area (Å²) in [5.41, 5.74) is 7.11. The lowest BCUT2D eigenvalue weighted by Gasteiger charge is -2.31. The molecule has 4 nitrogen and oxygen atoms in total. The number of piperidine rings is 1. The lowest BCUT2D eigenvalue weighted by molar-refractivity contribution is -0.133. The molecular formula is C17H26N2O2. The summed E-state index contributed by atoms with van der Waals surface area (Å²) in [7, 11) is 1.68. The van der Waals surface area contributed by atoms with Crippen LogP contribution in [0.5, 0.6) is 5.75 Å². The second-order valence-corrected chi connectivity index (χ2v) is 6.07. The Balaban J connectivity index is 1.89. The zero-order chi connectivity index (χ0) is 15.2. The highest BCUT2D eigenvalue weighted by molar-refractivity contribution is 5.76. The van der Waals surface area contributed by atoms with Gasteiger partial charge in [0.1, 0.15) is 5.75 Å². The molecule has 0 bridgehead atoms. The fourth-order valence-electron chi connectivity index (χ4n) is 2.98. The average molecular weight is 290 g/mol. The number of likely N-dealkylation sites (tertiary alicyclic amines) is 1. The molecule has 2 atom stereocenters. The van der Waals surface area contributed by atoms with Crippen LogP contribution in [0.1, 0.15) is 31.7 Å². The van der Waals surface area contributed by atoms with Crippen molar-refractivity contribution in [2.24, 2.45) is 11.7 Å². The molecule has 116 valence electrons. The van der Waals surface area contributed by atoms with Crippen LogP contribution in [-0.2, 0) is 11.2 Å². The highest BCUT2D eigenvalue weighted by atomic mass is 16.5. The molecule has 1 heterocycles. The third-order valence-corrected chi connectivity index (χ3v) is 4.09. The van der Waals surface area contributed by atoms with E-state index in [9.17, 15) is 4.79 Å². The smallest absolute Gasteiger partial charge is 0.222 e. The van der Waals surface area contributed by atoms with E-state index in [-0.39, 0.29) is 11.9 Å². The minimum absolute atomic E-state index is 0.146. The van der Waals surface area contributed by atoms with Gasteiger partial charge in [0.05, 0.1) is 7.11 Å². The van der Waals surface area contributed by atoms with Gasteiger partial charge in [0, 0.05) is 25.6 Å². The van der Waals surface area contributed by atoms with E-state index in [1.807, 2.05) is 23.1 Å². The molecular weight excluding hydrogens is 264 g/mol. The molecule has 1 aliphatic heterocycles. The van der Waals surface area contributed by atoms with Gasteiger partial charge in [-0.2, -0.15) is 0 Å². The minimum atomic E-state index is 0.146. The van der Waals surface area contributed by atoms with Gasteiger partial charge >= 0.3 is 0 Å². The number of hydrogen-bond acceptors (Lipinski definition) is 3. The number of carbonyl (C=O) groups excluding carboxylic acids is 1. The average Bonchev–Trinajstić information content (AvgIpc) is 2.47. The third kappa shape index (κ3) is 4.46. The lowest BCUT2D eigenvalue weighted by Crippen LogP contribution is -2.46. The zero-order valence-corrected chi connectivity index (χ0v) is 13.0. The Kier molecular flexibility index (Phi) is 5.62. The number of hydrogen-bond donors (Lipinski definition) is 1. The van der Waals surface area contributed by atoms with Gasteiger partial charge in [0.25, 0.3) is 0 Å². The van der Waals surface area contributed by atoms with Crippen molar-refractivity contribution in [1.29, 1.82) is 0 Å². The maximum atomic E-state index is 12.3.